The summed E-state index contributed by atoms with van der Waals surface area (Å²) in [6, 6.07) is 20.6. The number of rotatable bonds is 5. The summed E-state index contributed by atoms with van der Waals surface area (Å²) in [5.74, 6) is -0.0878. The molecule has 0 spiro atoms. The van der Waals surface area contributed by atoms with Crippen LogP contribution < -0.4 is 5.32 Å². The maximum Gasteiger partial charge on any atom is 0.243 e. The second kappa shape index (κ2) is 8.55. The molecular formula is C23H25N3O3S. The fourth-order valence-electron chi connectivity index (χ4n) is 3.71. The van der Waals surface area contributed by atoms with Crippen molar-refractivity contribution in [2.24, 2.45) is 0 Å². The van der Waals surface area contributed by atoms with Crippen LogP contribution in [-0.4, -0.2) is 56.3 Å². The Bertz CT molecular complexity index is 1170. The molecule has 6 nitrogen and oxygen atoms in total. The van der Waals surface area contributed by atoms with E-state index in [0.717, 1.165) is 22.0 Å². The van der Waals surface area contributed by atoms with Crippen LogP contribution in [0.1, 0.15) is 5.56 Å². The molecule has 1 amide bonds. The molecule has 1 aliphatic rings. The van der Waals surface area contributed by atoms with E-state index in [1.165, 1.54) is 4.31 Å². The fraction of sp³-hybridized carbons (Fsp3) is 0.261. The monoisotopic (exact) mass is 423 g/mol. The van der Waals surface area contributed by atoms with E-state index in [9.17, 15) is 13.2 Å². The summed E-state index contributed by atoms with van der Waals surface area (Å²) in [6.07, 6.45) is 0. The molecule has 0 saturated carbocycles. The van der Waals surface area contributed by atoms with Crippen LogP contribution in [0.15, 0.2) is 71.6 Å². The summed E-state index contributed by atoms with van der Waals surface area (Å²) in [4.78, 5) is 14.7. The molecule has 1 saturated heterocycles. The number of piperazine rings is 1. The Morgan fingerprint density at radius 1 is 0.900 bits per heavy atom. The van der Waals surface area contributed by atoms with Crippen molar-refractivity contribution in [2.45, 2.75) is 11.8 Å². The summed E-state index contributed by atoms with van der Waals surface area (Å²) in [6.45, 7) is 3.98. The number of fused-ring (bicyclic) bond motifs is 1. The quantitative estimate of drug-likeness (QED) is 0.685. The molecule has 0 aliphatic carbocycles. The lowest BCUT2D eigenvalue weighted by Crippen LogP contribution is -2.50. The lowest BCUT2D eigenvalue weighted by Gasteiger charge is -2.33. The molecular weight excluding hydrogens is 398 g/mol. The first kappa shape index (κ1) is 20.5. The predicted octanol–water partition coefficient (Wildman–Crippen LogP) is 3.09. The zero-order valence-corrected chi connectivity index (χ0v) is 17.7. The molecule has 7 heteroatoms. The molecule has 0 aromatic heterocycles. The second-order valence-electron chi connectivity index (χ2n) is 7.55. The average Bonchev–Trinajstić information content (AvgIpc) is 2.75. The number of hydrogen-bond acceptors (Lipinski definition) is 4. The first-order valence-electron chi connectivity index (χ1n) is 10.0. The van der Waals surface area contributed by atoms with E-state index in [1.807, 2.05) is 66.4 Å². The van der Waals surface area contributed by atoms with Crippen molar-refractivity contribution in [1.29, 1.82) is 0 Å². The number of aryl methyl sites for hydroxylation is 1. The summed E-state index contributed by atoms with van der Waals surface area (Å²) in [7, 11) is -3.55. The van der Waals surface area contributed by atoms with E-state index in [4.69, 9.17) is 0 Å². The van der Waals surface area contributed by atoms with Gasteiger partial charge in [0, 0.05) is 31.9 Å². The third kappa shape index (κ3) is 4.38. The predicted molar refractivity (Wildman–Crippen MR) is 119 cm³/mol. The summed E-state index contributed by atoms with van der Waals surface area (Å²) < 4.78 is 27.6. The van der Waals surface area contributed by atoms with Crippen LogP contribution >= 0.6 is 0 Å². The van der Waals surface area contributed by atoms with Crippen LogP contribution in [0, 0.1) is 6.92 Å². The van der Waals surface area contributed by atoms with Crippen molar-refractivity contribution in [3.63, 3.8) is 0 Å². The number of para-hydroxylation sites is 1. The molecule has 1 heterocycles. The van der Waals surface area contributed by atoms with Gasteiger partial charge in [-0.2, -0.15) is 4.31 Å². The first-order chi connectivity index (χ1) is 14.4. The highest BCUT2D eigenvalue weighted by atomic mass is 32.2. The Kier molecular flexibility index (Phi) is 5.85. The van der Waals surface area contributed by atoms with Gasteiger partial charge in [-0.15, -0.1) is 0 Å². The topological polar surface area (TPSA) is 69.7 Å². The summed E-state index contributed by atoms with van der Waals surface area (Å²) in [5, 5.41) is 4.85. The van der Waals surface area contributed by atoms with Gasteiger partial charge >= 0.3 is 0 Å². The minimum atomic E-state index is -3.55. The van der Waals surface area contributed by atoms with Crippen molar-refractivity contribution >= 4 is 32.4 Å². The van der Waals surface area contributed by atoms with Crippen LogP contribution in [0.2, 0.25) is 0 Å². The molecule has 3 aromatic carbocycles. The Morgan fingerprint density at radius 2 is 1.57 bits per heavy atom. The van der Waals surface area contributed by atoms with E-state index in [0.29, 0.717) is 31.1 Å². The van der Waals surface area contributed by atoms with Gasteiger partial charge in [0.1, 0.15) is 0 Å². The minimum absolute atomic E-state index is 0.0878. The van der Waals surface area contributed by atoms with Gasteiger partial charge in [-0.25, -0.2) is 8.42 Å². The van der Waals surface area contributed by atoms with Gasteiger partial charge in [-0.3, -0.25) is 9.69 Å². The zero-order valence-electron chi connectivity index (χ0n) is 16.9. The zero-order chi connectivity index (χ0) is 21.1. The third-order valence-electron chi connectivity index (χ3n) is 5.48. The lowest BCUT2D eigenvalue weighted by atomic mass is 10.1. The second-order valence-corrected chi connectivity index (χ2v) is 9.49. The van der Waals surface area contributed by atoms with Gasteiger partial charge in [-0.05, 0) is 41.5 Å². The molecule has 1 N–H and O–H groups in total. The molecule has 0 radical (unpaired) electrons. The van der Waals surface area contributed by atoms with Crippen LogP contribution in [-0.2, 0) is 14.8 Å². The fourth-order valence-corrected chi connectivity index (χ4v) is 5.17. The van der Waals surface area contributed by atoms with Crippen molar-refractivity contribution < 1.29 is 13.2 Å². The Morgan fingerprint density at radius 3 is 2.30 bits per heavy atom. The van der Waals surface area contributed by atoms with Gasteiger partial charge in [0.05, 0.1) is 11.4 Å². The third-order valence-corrected chi connectivity index (χ3v) is 7.37. The number of nitrogens with one attached hydrogen (secondary N) is 1. The van der Waals surface area contributed by atoms with Crippen molar-refractivity contribution in [1.82, 2.24) is 9.21 Å². The van der Waals surface area contributed by atoms with Crippen LogP contribution in [0.4, 0.5) is 5.69 Å². The SMILES string of the molecule is Cc1ccccc1NC(=O)CN1CCN(S(=O)(=O)c2ccc3ccccc3c2)CC1. The van der Waals surface area contributed by atoms with Gasteiger partial charge in [0.2, 0.25) is 15.9 Å². The van der Waals surface area contributed by atoms with Gasteiger partial charge in [0.15, 0.2) is 0 Å². The van der Waals surface area contributed by atoms with E-state index in [1.54, 1.807) is 12.1 Å². The maximum atomic E-state index is 13.1. The summed E-state index contributed by atoms with van der Waals surface area (Å²) >= 11 is 0. The number of carbonyl (C=O) groups excluding carboxylic acids is 1. The number of amides is 1. The highest BCUT2D eigenvalue weighted by Crippen LogP contribution is 2.23. The van der Waals surface area contributed by atoms with Crippen molar-refractivity contribution in [3.05, 3.63) is 72.3 Å². The van der Waals surface area contributed by atoms with E-state index >= 15 is 0 Å². The molecule has 0 atom stereocenters. The standard InChI is InChI=1S/C23H25N3O3S/c1-18-6-2-5-9-22(18)24-23(27)17-25-12-14-26(15-13-25)30(28,29)21-11-10-19-7-3-4-8-20(19)16-21/h2-11,16H,12-15,17H2,1H3,(H,24,27). The number of hydrogen-bond donors (Lipinski definition) is 1. The minimum Gasteiger partial charge on any atom is -0.325 e. The Balaban J connectivity index is 1.37. The molecule has 1 aliphatic heterocycles. The molecule has 4 rings (SSSR count). The van der Waals surface area contributed by atoms with Crippen molar-refractivity contribution in [2.75, 3.05) is 38.0 Å². The number of sulfonamides is 1. The maximum absolute atomic E-state index is 13.1. The normalized spacial score (nSPS) is 15.9. The molecule has 0 bridgehead atoms. The van der Waals surface area contributed by atoms with Crippen molar-refractivity contribution in [3.8, 4) is 0 Å². The number of benzene rings is 3. The first-order valence-corrected chi connectivity index (χ1v) is 11.4. The van der Waals surface area contributed by atoms with Crippen LogP contribution in [0.5, 0.6) is 0 Å². The number of nitrogens with zero attached hydrogens (tertiary/aromatic N) is 2. The number of anilines is 1. The lowest BCUT2D eigenvalue weighted by molar-refractivity contribution is -0.117. The molecule has 3 aromatic rings. The largest absolute Gasteiger partial charge is 0.325 e. The summed E-state index contributed by atoms with van der Waals surface area (Å²) in [5.41, 5.74) is 1.82. The number of carbonyl (C=O) groups is 1. The van der Waals surface area contributed by atoms with Crippen LogP contribution in [0.25, 0.3) is 10.8 Å². The highest BCUT2D eigenvalue weighted by molar-refractivity contribution is 7.89. The van der Waals surface area contributed by atoms with E-state index < -0.39 is 10.0 Å². The van der Waals surface area contributed by atoms with Gasteiger partial charge in [-0.1, -0.05) is 48.5 Å². The van der Waals surface area contributed by atoms with Gasteiger partial charge in [0.25, 0.3) is 0 Å². The van der Waals surface area contributed by atoms with E-state index in [2.05, 4.69) is 5.32 Å². The Labute approximate surface area is 177 Å². The highest BCUT2D eigenvalue weighted by Gasteiger charge is 2.29. The smallest absolute Gasteiger partial charge is 0.243 e. The van der Waals surface area contributed by atoms with E-state index in [-0.39, 0.29) is 12.5 Å². The molecule has 1 fully saturated rings. The molecule has 156 valence electrons. The average molecular weight is 424 g/mol. The van der Waals surface area contributed by atoms with Gasteiger partial charge < -0.3 is 5.32 Å². The molecule has 0 unspecified atom stereocenters. The Hall–Kier alpha value is -2.74. The molecule has 30 heavy (non-hydrogen) atoms. The van der Waals surface area contributed by atoms with Crippen LogP contribution in [0.3, 0.4) is 0 Å².